The van der Waals surface area contributed by atoms with Crippen molar-refractivity contribution < 1.29 is 4.79 Å². The number of carbonyl (C=O) groups is 1. The number of rotatable bonds is 7. The van der Waals surface area contributed by atoms with Crippen LogP contribution in [0.3, 0.4) is 0 Å². The van der Waals surface area contributed by atoms with E-state index in [0.29, 0.717) is 6.42 Å². The van der Waals surface area contributed by atoms with Crippen LogP contribution in [0.2, 0.25) is 0 Å². The highest BCUT2D eigenvalue weighted by Crippen LogP contribution is 2.30. The molecule has 0 radical (unpaired) electrons. The number of carbonyl (C=O) groups excluding carboxylic acids is 1. The summed E-state index contributed by atoms with van der Waals surface area (Å²) in [4.78, 5) is 16.6. The van der Waals surface area contributed by atoms with Gasteiger partial charge in [0.15, 0.2) is 0 Å². The van der Waals surface area contributed by atoms with Crippen molar-refractivity contribution >= 4 is 33.1 Å². The van der Waals surface area contributed by atoms with Gasteiger partial charge in [-0.15, -0.1) is 17.9 Å². The van der Waals surface area contributed by atoms with E-state index in [9.17, 15) is 4.79 Å². The Kier molecular flexibility index (Phi) is 5.39. The molecule has 2 aromatic carbocycles. The number of hydrogen-bond acceptors (Lipinski definition) is 3. The van der Waals surface area contributed by atoms with E-state index in [1.807, 2.05) is 48.5 Å². The van der Waals surface area contributed by atoms with E-state index in [-0.39, 0.29) is 5.91 Å². The third-order valence-electron chi connectivity index (χ3n) is 3.77. The molecule has 3 rings (SSSR count). The third kappa shape index (κ3) is 4.09. The van der Waals surface area contributed by atoms with Gasteiger partial charge in [-0.25, -0.2) is 4.98 Å². The molecule has 3 nitrogen and oxygen atoms in total. The standard InChI is InChI=1S/C20H20N2OS/c1-2-3-4-5-10-19(23)21-16-13-11-15(12-14-16)20-22-17-8-6-7-9-18(17)24-20/h2,6-9,11-14H,1,3-5,10H2,(H,21,23). The summed E-state index contributed by atoms with van der Waals surface area (Å²) in [6, 6.07) is 16.0. The summed E-state index contributed by atoms with van der Waals surface area (Å²) in [6.07, 6.45) is 5.30. The van der Waals surface area contributed by atoms with Gasteiger partial charge in [0.1, 0.15) is 5.01 Å². The summed E-state index contributed by atoms with van der Waals surface area (Å²) in [6.45, 7) is 3.69. The Bertz CT molecular complexity index is 803. The fourth-order valence-electron chi connectivity index (χ4n) is 2.49. The van der Waals surface area contributed by atoms with Crippen molar-refractivity contribution in [3.63, 3.8) is 0 Å². The number of thiazole rings is 1. The highest BCUT2D eigenvalue weighted by Gasteiger charge is 2.07. The Balaban J connectivity index is 1.62. The quantitative estimate of drug-likeness (QED) is 0.447. The molecule has 0 saturated heterocycles. The number of para-hydroxylation sites is 1. The van der Waals surface area contributed by atoms with Crippen LogP contribution in [-0.4, -0.2) is 10.9 Å². The third-order valence-corrected chi connectivity index (χ3v) is 4.86. The molecule has 4 heteroatoms. The predicted octanol–water partition coefficient (Wildman–Crippen LogP) is 5.65. The lowest BCUT2D eigenvalue weighted by molar-refractivity contribution is -0.116. The van der Waals surface area contributed by atoms with Crippen LogP contribution < -0.4 is 5.32 Å². The van der Waals surface area contributed by atoms with Gasteiger partial charge >= 0.3 is 0 Å². The Labute approximate surface area is 146 Å². The highest BCUT2D eigenvalue weighted by molar-refractivity contribution is 7.21. The van der Waals surface area contributed by atoms with E-state index in [4.69, 9.17) is 0 Å². The molecule has 24 heavy (non-hydrogen) atoms. The molecule has 1 heterocycles. The summed E-state index contributed by atoms with van der Waals surface area (Å²) in [5.41, 5.74) is 2.92. The van der Waals surface area contributed by atoms with Crippen LogP contribution in [0.1, 0.15) is 25.7 Å². The number of unbranched alkanes of at least 4 members (excludes halogenated alkanes) is 2. The molecule has 3 aromatic rings. The van der Waals surface area contributed by atoms with Gasteiger partial charge in [0.25, 0.3) is 0 Å². The Morgan fingerprint density at radius 1 is 1.12 bits per heavy atom. The van der Waals surface area contributed by atoms with Crippen LogP contribution in [0, 0.1) is 0 Å². The maximum atomic E-state index is 11.9. The van der Waals surface area contributed by atoms with Crippen molar-refractivity contribution in [2.45, 2.75) is 25.7 Å². The molecule has 0 atom stereocenters. The second-order valence-corrected chi connectivity index (χ2v) is 6.68. The SMILES string of the molecule is C=CCCCCC(=O)Nc1ccc(-c2nc3ccccc3s2)cc1. The first-order valence-corrected chi connectivity index (χ1v) is 8.94. The van der Waals surface area contributed by atoms with Crippen LogP contribution in [0.4, 0.5) is 5.69 Å². The minimum atomic E-state index is 0.0619. The predicted molar refractivity (Wildman–Crippen MR) is 102 cm³/mol. The van der Waals surface area contributed by atoms with Crippen molar-refractivity contribution in [2.24, 2.45) is 0 Å². The molecule has 0 spiro atoms. The smallest absolute Gasteiger partial charge is 0.224 e. The molecule has 0 saturated carbocycles. The molecular formula is C20H20N2OS. The van der Waals surface area contributed by atoms with Gasteiger partial charge in [0.05, 0.1) is 10.2 Å². The van der Waals surface area contributed by atoms with Crippen molar-refractivity contribution in [3.05, 3.63) is 61.2 Å². The topological polar surface area (TPSA) is 42.0 Å². The van der Waals surface area contributed by atoms with Gasteiger partial charge in [0.2, 0.25) is 5.91 Å². The van der Waals surface area contributed by atoms with Gasteiger partial charge in [-0.2, -0.15) is 0 Å². The minimum Gasteiger partial charge on any atom is -0.326 e. The average molecular weight is 336 g/mol. The average Bonchev–Trinajstić information content (AvgIpc) is 3.03. The largest absolute Gasteiger partial charge is 0.326 e. The molecule has 1 N–H and O–H groups in total. The zero-order valence-corrected chi connectivity index (χ0v) is 14.3. The summed E-state index contributed by atoms with van der Waals surface area (Å²) in [5, 5.41) is 3.94. The molecule has 1 amide bonds. The normalized spacial score (nSPS) is 10.7. The molecule has 122 valence electrons. The second-order valence-electron chi connectivity index (χ2n) is 5.65. The van der Waals surface area contributed by atoms with E-state index in [1.54, 1.807) is 11.3 Å². The van der Waals surface area contributed by atoms with Crippen LogP contribution in [0.5, 0.6) is 0 Å². The number of nitrogens with zero attached hydrogens (tertiary/aromatic N) is 1. The maximum absolute atomic E-state index is 11.9. The minimum absolute atomic E-state index is 0.0619. The number of amides is 1. The fraction of sp³-hybridized carbons (Fsp3) is 0.200. The number of nitrogens with one attached hydrogen (secondary N) is 1. The lowest BCUT2D eigenvalue weighted by Crippen LogP contribution is -2.10. The van der Waals surface area contributed by atoms with E-state index < -0.39 is 0 Å². The van der Waals surface area contributed by atoms with Gasteiger partial charge < -0.3 is 5.32 Å². The highest BCUT2D eigenvalue weighted by atomic mass is 32.1. The molecule has 0 aliphatic carbocycles. The summed E-state index contributed by atoms with van der Waals surface area (Å²) < 4.78 is 1.18. The lowest BCUT2D eigenvalue weighted by atomic mass is 10.1. The number of fused-ring (bicyclic) bond motifs is 1. The molecule has 0 fully saturated rings. The van der Waals surface area contributed by atoms with Crippen molar-refractivity contribution in [1.82, 2.24) is 4.98 Å². The molecule has 0 aliphatic heterocycles. The van der Waals surface area contributed by atoms with Crippen molar-refractivity contribution in [2.75, 3.05) is 5.32 Å². The molecule has 1 aromatic heterocycles. The van der Waals surface area contributed by atoms with Crippen LogP contribution in [-0.2, 0) is 4.79 Å². The first-order chi connectivity index (χ1) is 11.8. The van der Waals surface area contributed by atoms with E-state index in [0.717, 1.165) is 41.0 Å². The van der Waals surface area contributed by atoms with Gasteiger partial charge in [-0.3, -0.25) is 4.79 Å². The van der Waals surface area contributed by atoms with Crippen molar-refractivity contribution in [3.8, 4) is 10.6 Å². The molecule has 0 aliphatic rings. The first kappa shape index (κ1) is 16.4. The lowest BCUT2D eigenvalue weighted by Gasteiger charge is -2.05. The summed E-state index contributed by atoms with van der Waals surface area (Å²) in [5.74, 6) is 0.0619. The Morgan fingerprint density at radius 3 is 2.67 bits per heavy atom. The maximum Gasteiger partial charge on any atom is 0.224 e. The summed E-state index contributed by atoms with van der Waals surface area (Å²) in [7, 11) is 0. The second kappa shape index (κ2) is 7.88. The molecular weight excluding hydrogens is 316 g/mol. The number of aromatic nitrogens is 1. The van der Waals surface area contributed by atoms with Crippen LogP contribution in [0.25, 0.3) is 20.8 Å². The van der Waals surface area contributed by atoms with Gasteiger partial charge in [0, 0.05) is 17.7 Å². The van der Waals surface area contributed by atoms with Gasteiger partial charge in [-0.05, 0) is 55.7 Å². The first-order valence-electron chi connectivity index (χ1n) is 8.13. The number of benzene rings is 2. The zero-order chi connectivity index (χ0) is 16.8. The van der Waals surface area contributed by atoms with E-state index >= 15 is 0 Å². The molecule has 0 bridgehead atoms. The van der Waals surface area contributed by atoms with Crippen LogP contribution in [0.15, 0.2) is 61.2 Å². The summed E-state index contributed by atoms with van der Waals surface area (Å²) >= 11 is 1.68. The Hall–Kier alpha value is -2.46. The number of allylic oxidation sites excluding steroid dienone is 1. The number of anilines is 1. The Morgan fingerprint density at radius 2 is 1.92 bits per heavy atom. The zero-order valence-electron chi connectivity index (χ0n) is 13.5. The number of hydrogen-bond donors (Lipinski definition) is 1. The molecule has 0 unspecified atom stereocenters. The van der Waals surface area contributed by atoms with Gasteiger partial charge in [-0.1, -0.05) is 18.2 Å². The fourth-order valence-corrected chi connectivity index (χ4v) is 3.46. The van der Waals surface area contributed by atoms with E-state index in [1.165, 1.54) is 4.70 Å². The van der Waals surface area contributed by atoms with Crippen molar-refractivity contribution in [1.29, 1.82) is 0 Å². The monoisotopic (exact) mass is 336 g/mol. The van der Waals surface area contributed by atoms with Crippen LogP contribution >= 0.6 is 11.3 Å². The van der Waals surface area contributed by atoms with E-state index in [2.05, 4.69) is 22.9 Å².